The topological polar surface area (TPSA) is 63.7 Å². The first kappa shape index (κ1) is 17.4. The van der Waals surface area contributed by atoms with Gasteiger partial charge in [-0.1, -0.05) is 19.1 Å². The van der Waals surface area contributed by atoms with E-state index in [9.17, 15) is 14.4 Å². The summed E-state index contributed by atoms with van der Waals surface area (Å²) in [5.41, 5.74) is 0.389. The number of hydrogen-bond donors (Lipinski definition) is 0. The van der Waals surface area contributed by atoms with Crippen LogP contribution >= 0.6 is 0 Å². The fraction of sp³-hybridized carbons (Fsp3) is 0.783. The molecule has 1 heterocycles. The average molecular weight is 383 g/mol. The zero-order chi connectivity index (χ0) is 19.8. The third kappa shape index (κ3) is 1.62. The van der Waals surface area contributed by atoms with Crippen molar-refractivity contribution in [3.63, 3.8) is 0 Å². The van der Waals surface area contributed by atoms with Crippen LogP contribution in [0.3, 0.4) is 0 Å². The number of likely N-dealkylation sites (tertiary alicyclic amines) is 1. The van der Waals surface area contributed by atoms with Gasteiger partial charge in [0.15, 0.2) is 0 Å². The highest BCUT2D eigenvalue weighted by Crippen LogP contribution is 2.81. The van der Waals surface area contributed by atoms with E-state index in [-0.39, 0.29) is 52.1 Å². The highest BCUT2D eigenvalue weighted by molar-refractivity contribution is 5.95. The fourth-order valence-corrected chi connectivity index (χ4v) is 9.91. The minimum atomic E-state index is -0.239. The van der Waals surface area contributed by atoms with E-state index in [2.05, 4.69) is 25.5 Å². The Balaban J connectivity index is 1.59. The molecule has 7 rings (SSSR count). The summed E-state index contributed by atoms with van der Waals surface area (Å²) >= 11 is 0. The number of rotatable bonds is 1. The third-order valence-corrected chi connectivity index (χ3v) is 9.75. The molecule has 28 heavy (non-hydrogen) atoms. The van der Waals surface area contributed by atoms with Gasteiger partial charge in [0, 0.05) is 49.1 Å². The van der Waals surface area contributed by atoms with Crippen LogP contribution in [0.4, 0.5) is 0 Å². The zero-order valence-electron chi connectivity index (χ0n) is 17.0. The molecule has 6 aliphatic carbocycles. The van der Waals surface area contributed by atoms with Gasteiger partial charge in [-0.3, -0.25) is 14.4 Å². The Bertz CT molecular complexity index is 865. The summed E-state index contributed by atoms with van der Waals surface area (Å²) in [6.07, 6.45) is 3.57. The van der Waals surface area contributed by atoms with Crippen LogP contribution in [0.2, 0.25) is 0 Å². The number of allylic oxidation sites excluding steroid dienone is 1. The van der Waals surface area contributed by atoms with E-state index in [1.165, 1.54) is 6.92 Å². The van der Waals surface area contributed by atoms with Gasteiger partial charge in [0.05, 0.1) is 0 Å². The number of ether oxygens (including phenoxy) is 1. The van der Waals surface area contributed by atoms with E-state index < -0.39 is 0 Å². The lowest BCUT2D eigenvalue weighted by atomic mass is 9.39. The summed E-state index contributed by atoms with van der Waals surface area (Å²) in [6.45, 7) is 8.74. The van der Waals surface area contributed by atoms with Crippen LogP contribution in [0.15, 0.2) is 12.2 Å². The Hall–Kier alpha value is -1.49. The smallest absolute Gasteiger partial charge is 0.302 e. The molecular formula is C23H29NO4. The third-order valence-electron chi connectivity index (χ3n) is 9.75. The standard InChI is InChI=1S/C23H29NO4/c1-11-6-22-9-15(26)19-21(3)7-13(28-12(2)25)8-23(19)16(22)5-14(11)18(27)17(22)20(23)24(4)10-21/h13-14,16-17,19-20H,1,5-10H2,2-4H3/t13-,14-,16+,17+,19+,20+,21-,22-,23+/m0/s1. The molecule has 0 N–H and O–H groups in total. The summed E-state index contributed by atoms with van der Waals surface area (Å²) in [6, 6.07) is 0.103. The van der Waals surface area contributed by atoms with E-state index in [1.807, 2.05) is 0 Å². The number of hydrogen-bond acceptors (Lipinski definition) is 5. The molecule has 5 nitrogen and oxygen atoms in total. The van der Waals surface area contributed by atoms with E-state index in [0.29, 0.717) is 23.9 Å². The lowest BCUT2D eigenvalue weighted by molar-refractivity contribution is -0.208. The first-order valence-corrected chi connectivity index (χ1v) is 10.8. The first-order chi connectivity index (χ1) is 13.1. The molecule has 2 spiro atoms. The second-order valence-corrected chi connectivity index (χ2v) is 11.1. The molecule has 0 unspecified atom stereocenters. The average Bonchev–Trinajstić information content (AvgIpc) is 2.64. The molecule has 9 atom stereocenters. The van der Waals surface area contributed by atoms with Crippen molar-refractivity contribution in [2.45, 2.75) is 58.1 Å². The largest absolute Gasteiger partial charge is 0.463 e. The van der Waals surface area contributed by atoms with Crippen molar-refractivity contribution in [2.24, 2.45) is 39.9 Å². The van der Waals surface area contributed by atoms with Gasteiger partial charge in [-0.05, 0) is 49.5 Å². The number of carbonyl (C=O) groups excluding carboxylic acids is 3. The normalized spacial score (nSPS) is 56.2. The fourth-order valence-electron chi connectivity index (χ4n) is 9.91. The molecule has 0 aromatic heterocycles. The van der Waals surface area contributed by atoms with Crippen LogP contribution in [0, 0.1) is 39.9 Å². The second kappa shape index (κ2) is 4.80. The minimum Gasteiger partial charge on any atom is -0.463 e. The highest BCUT2D eigenvalue weighted by Gasteiger charge is 2.84. The van der Waals surface area contributed by atoms with Crippen LogP contribution in [0.25, 0.3) is 0 Å². The summed E-state index contributed by atoms with van der Waals surface area (Å²) in [5.74, 6) is 0.743. The number of piperidine rings is 1. The van der Waals surface area contributed by atoms with Crippen LogP contribution in [-0.2, 0) is 19.1 Å². The first-order valence-electron chi connectivity index (χ1n) is 10.8. The monoisotopic (exact) mass is 383 g/mol. The van der Waals surface area contributed by atoms with Crippen molar-refractivity contribution >= 4 is 17.5 Å². The summed E-state index contributed by atoms with van der Waals surface area (Å²) in [5, 5.41) is 0. The van der Waals surface area contributed by atoms with Crippen molar-refractivity contribution < 1.29 is 19.1 Å². The SMILES string of the molecule is C=C1C[C@]23CC(=O)[C@@H]4[C@@]5(C)C[C@H](OC(C)=O)C[C@@]46[C@@H]2C[C@@H]1C(=O)[C@@H]3[C@H]6N(C)C5. The molecule has 150 valence electrons. The minimum absolute atomic E-state index is 0.00551. The van der Waals surface area contributed by atoms with Gasteiger partial charge in [-0.15, -0.1) is 0 Å². The number of nitrogens with zero attached hydrogens (tertiary/aromatic N) is 1. The summed E-state index contributed by atoms with van der Waals surface area (Å²) in [7, 11) is 2.15. The molecule has 5 heteroatoms. The summed E-state index contributed by atoms with van der Waals surface area (Å²) < 4.78 is 5.78. The van der Waals surface area contributed by atoms with Gasteiger partial charge >= 0.3 is 5.97 Å². The predicted molar refractivity (Wildman–Crippen MR) is 101 cm³/mol. The highest BCUT2D eigenvalue weighted by atomic mass is 16.5. The van der Waals surface area contributed by atoms with Crippen molar-refractivity contribution in [1.29, 1.82) is 0 Å². The maximum Gasteiger partial charge on any atom is 0.302 e. The molecule has 7 aliphatic rings. The van der Waals surface area contributed by atoms with Crippen molar-refractivity contribution in [3.8, 4) is 0 Å². The molecule has 0 aromatic rings. The van der Waals surface area contributed by atoms with Gasteiger partial charge in [0.1, 0.15) is 17.7 Å². The lowest BCUT2D eigenvalue weighted by Gasteiger charge is -2.66. The number of esters is 1. The predicted octanol–water partition coefficient (Wildman–Crippen LogP) is 2.39. The molecule has 7 fully saturated rings. The van der Waals surface area contributed by atoms with Gasteiger partial charge in [-0.2, -0.15) is 0 Å². The molecular weight excluding hydrogens is 354 g/mol. The van der Waals surface area contributed by atoms with Crippen LogP contribution in [0.5, 0.6) is 0 Å². The van der Waals surface area contributed by atoms with Crippen LogP contribution < -0.4 is 0 Å². The van der Waals surface area contributed by atoms with Crippen LogP contribution in [-0.4, -0.2) is 48.2 Å². The Morgan fingerprint density at radius 3 is 2.71 bits per heavy atom. The molecule has 1 saturated heterocycles. The maximum absolute atomic E-state index is 13.7. The second-order valence-electron chi connectivity index (χ2n) is 11.1. The van der Waals surface area contributed by atoms with Gasteiger partial charge < -0.3 is 9.64 Å². The lowest BCUT2D eigenvalue weighted by Crippen LogP contribution is -2.70. The maximum atomic E-state index is 13.7. The van der Waals surface area contributed by atoms with Crippen molar-refractivity contribution in [1.82, 2.24) is 4.90 Å². The van der Waals surface area contributed by atoms with Gasteiger partial charge in [0.25, 0.3) is 0 Å². The molecule has 0 amide bonds. The molecule has 0 aromatic carbocycles. The Morgan fingerprint density at radius 1 is 1.25 bits per heavy atom. The van der Waals surface area contributed by atoms with Crippen molar-refractivity contribution in [3.05, 3.63) is 12.2 Å². The van der Waals surface area contributed by atoms with E-state index in [1.54, 1.807) is 0 Å². The Labute approximate surface area is 165 Å². The molecule has 6 bridgehead atoms. The molecule has 6 saturated carbocycles. The Kier molecular flexibility index (Phi) is 2.98. The number of carbonyl (C=O) groups is 3. The van der Waals surface area contributed by atoms with E-state index in [4.69, 9.17) is 4.74 Å². The van der Waals surface area contributed by atoms with Gasteiger partial charge in [0.2, 0.25) is 0 Å². The zero-order valence-corrected chi connectivity index (χ0v) is 17.0. The van der Waals surface area contributed by atoms with E-state index >= 15 is 0 Å². The molecule has 1 aliphatic heterocycles. The van der Waals surface area contributed by atoms with Gasteiger partial charge in [-0.25, -0.2) is 0 Å². The molecule has 0 radical (unpaired) electrons. The van der Waals surface area contributed by atoms with Crippen LogP contribution in [0.1, 0.15) is 46.0 Å². The number of fused-ring (bicyclic) bond motifs is 1. The number of Topliss-reactive ketones (excluding diaryl/α,β-unsaturated/α-hetero) is 2. The number of ketones is 2. The summed E-state index contributed by atoms with van der Waals surface area (Å²) in [4.78, 5) is 41.4. The van der Waals surface area contributed by atoms with E-state index in [0.717, 1.165) is 37.8 Å². The van der Waals surface area contributed by atoms with Crippen molar-refractivity contribution in [2.75, 3.05) is 13.6 Å². The Morgan fingerprint density at radius 2 is 2.00 bits per heavy atom. The quantitative estimate of drug-likeness (QED) is 0.514.